The highest BCUT2D eigenvalue weighted by Gasteiger charge is 2.28. The van der Waals surface area contributed by atoms with E-state index in [4.69, 9.17) is 4.74 Å². The lowest BCUT2D eigenvalue weighted by molar-refractivity contribution is -0.121. The van der Waals surface area contributed by atoms with Crippen LogP contribution in [-0.2, 0) is 21.2 Å². The summed E-state index contributed by atoms with van der Waals surface area (Å²) in [6.07, 6.45) is 2.71. The maximum atomic E-state index is 12.7. The Labute approximate surface area is 196 Å². The highest BCUT2D eigenvalue weighted by atomic mass is 32.2. The molecule has 0 bridgehead atoms. The molecule has 3 rings (SSSR count). The van der Waals surface area contributed by atoms with Crippen molar-refractivity contribution in [2.24, 2.45) is 0 Å². The number of rotatable bonds is 10. The minimum atomic E-state index is -3.68. The lowest BCUT2D eigenvalue weighted by Gasteiger charge is -2.28. The summed E-state index contributed by atoms with van der Waals surface area (Å²) in [6, 6.07) is 23.4. The van der Waals surface area contributed by atoms with Crippen molar-refractivity contribution in [2.45, 2.75) is 32.7 Å². The van der Waals surface area contributed by atoms with Crippen molar-refractivity contribution in [3.8, 4) is 11.5 Å². The first-order valence-electron chi connectivity index (χ1n) is 10.9. The molecule has 33 heavy (non-hydrogen) atoms. The zero-order valence-corrected chi connectivity index (χ0v) is 20.0. The number of nitrogens with one attached hydrogen (secondary N) is 1. The van der Waals surface area contributed by atoms with Gasteiger partial charge in [-0.05, 0) is 68.7 Å². The molecule has 0 aliphatic heterocycles. The Morgan fingerprint density at radius 1 is 0.939 bits per heavy atom. The molecule has 3 aromatic carbocycles. The second-order valence-corrected chi connectivity index (χ2v) is 9.88. The summed E-state index contributed by atoms with van der Waals surface area (Å²) in [5.41, 5.74) is 2.82. The molecule has 0 spiro atoms. The molecule has 0 saturated heterocycles. The molecule has 0 aromatic heterocycles. The van der Waals surface area contributed by atoms with Gasteiger partial charge >= 0.3 is 0 Å². The number of amides is 1. The van der Waals surface area contributed by atoms with Crippen molar-refractivity contribution in [1.29, 1.82) is 0 Å². The molecule has 0 saturated carbocycles. The van der Waals surface area contributed by atoms with Crippen LogP contribution < -0.4 is 14.4 Å². The highest BCUT2D eigenvalue weighted by molar-refractivity contribution is 7.92. The van der Waals surface area contributed by atoms with Gasteiger partial charge in [-0.15, -0.1) is 0 Å². The summed E-state index contributed by atoms with van der Waals surface area (Å²) in [6.45, 7) is 4.10. The number of nitrogens with zero attached hydrogens (tertiary/aromatic N) is 1. The Balaban J connectivity index is 1.61. The number of benzene rings is 3. The molecule has 0 aliphatic carbocycles. The predicted octanol–water partition coefficient (Wildman–Crippen LogP) is 4.69. The standard InChI is InChI=1S/C26H30N2O4S/c1-20-11-13-22(14-12-20)8-7-19-27-26(29)21(2)28(33(3,30)31)23-15-17-25(18-16-23)32-24-9-5-4-6-10-24/h4-6,9-18,21H,7-8,19H2,1-3H3,(H,27,29)/t21-/m1/s1. The number of para-hydroxylation sites is 1. The molecular weight excluding hydrogens is 436 g/mol. The number of sulfonamides is 1. The van der Waals surface area contributed by atoms with Gasteiger partial charge in [0.1, 0.15) is 17.5 Å². The quantitative estimate of drug-likeness (QED) is 0.440. The van der Waals surface area contributed by atoms with Gasteiger partial charge in [-0.2, -0.15) is 0 Å². The summed E-state index contributed by atoms with van der Waals surface area (Å²) < 4.78 is 31.9. The molecule has 0 aliphatic rings. The van der Waals surface area contributed by atoms with Crippen molar-refractivity contribution in [3.63, 3.8) is 0 Å². The molecule has 0 heterocycles. The van der Waals surface area contributed by atoms with Crippen LogP contribution in [0, 0.1) is 6.92 Å². The summed E-state index contributed by atoms with van der Waals surface area (Å²) in [4.78, 5) is 12.7. The van der Waals surface area contributed by atoms with Gasteiger partial charge in [-0.25, -0.2) is 8.42 Å². The van der Waals surface area contributed by atoms with E-state index in [0.717, 1.165) is 23.4 Å². The molecule has 1 N–H and O–H groups in total. The first-order valence-corrected chi connectivity index (χ1v) is 12.7. The van der Waals surface area contributed by atoms with Gasteiger partial charge in [-0.3, -0.25) is 9.10 Å². The largest absolute Gasteiger partial charge is 0.457 e. The topological polar surface area (TPSA) is 75.7 Å². The minimum absolute atomic E-state index is 0.339. The van der Waals surface area contributed by atoms with E-state index < -0.39 is 16.1 Å². The molecule has 7 heteroatoms. The van der Waals surface area contributed by atoms with Crippen LogP contribution in [0.15, 0.2) is 78.9 Å². The third kappa shape index (κ3) is 7.08. The van der Waals surface area contributed by atoms with Gasteiger partial charge in [0.25, 0.3) is 0 Å². The van der Waals surface area contributed by atoms with Crippen molar-refractivity contribution in [2.75, 3.05) is 17.1 Å². The maximum Gasteiger partial charge on any atom is 0.243 e. The number of hydrogen-bond acceptors (Lipinski definition) is 4. The normalized spacial score (nSPS) is 12.1. The van der Waals surface area contributed by atoms with Crippen LogP contribution in [-0.4, -0.2) is 33.2 Å². The molecule has 1 amide bonds. The molecule has 1 atom stereocenters. The van der Waals surface area contributed by atoms with E-state index in [0.29, 0.717) is 23.7 Å². The van der Waals surface area contributed by atoms with Crippen LogP contribution in [0.1, 0.15) is 24.5 Å². The zero-order chi connectivity index (χ0) is 23.8. The van der Waals surface area contributed by atoms with Gasteiger partial charge in [0.2, 0.25) is 15.9 Å². The smallest absolute Gasteiger partial charge is 0.243 e. The van der Waals surface area contributed by atoms with Gasteiger partial charge < -0.3 is 10.1 Å². The minimum Gasteiger partial charge on any atom is -0.457 e. The second kappa shape index (κ2) is 11.0. The lowest BCUT2D eigenvalue weighted by Crippen LogP contribution is -2.48. The molecule has 0 fully saturated rings. The van der Waals surface area contributed by atoms with Gasteiger partial charge in [0.15, 0.2) is 0 Å². The number of ether oxygens (including phenoxy) is 1. The van der Waals surface area contributed by atoms with E-state index in [1.54, 1.807) is 31.2 Å². The third-order valence-electron chi connectivity index (χ3n) is 5.22. The Kier molecular flexibility index (Phi) is 8.11. The van der Waals surface area contributed by atoms with E-state index in [-0.39, 0.29) is 5.91 Å². The number of hydrogen-bond donors (Lipinski definition) is 1. The average Bonchev–Trinajstić information content (AvgIpc) is 2.79. The Hall–Kier alpha value is -3.32. The number of carbonyl (C=O) groups excluding carboxylic acids is 1. The molecule has 0 unspecified atom stereocenters. The molecule has 174 valence electrons. The molecule has 3 aromatic rings. The summed E-state index contributed by atoms with van der Waals surface area (Å²) in [5, 5.41) is 2.86. The van der Waals surface area contributed by atoms with Crippen LogP contribution in [0.25, 0.3) is 0 Å². The zero-order valence-electron chi connectivity index (χ0n) is 19.2. The van der Waals surface area contributed by atoms with Gasteiger partial charge in [-0.1, -0.05) is 48.0 Å². The predicted molar refractivity (Wildman–Crippen MR) is 132 cm³/mol. The monoisotopic (exact) mass is 466 g/mol. The fourth-order valence-electron chi connectivity index (χ4n) is 3.50. The Morgan fingerprint density at radius 2 is 1.55 bits per heavy atom. The fraction of sp³-hybridized carbons (Fsp3) is 0.269. The van der Waals surface area contributed by atoms with Gasteiger partial charge in [0, 0.05) is 6.54 Å². The fourth-order valence-corrected chi connectivity index (χ4v) is 4.68. The lowest BCUT2D eigenvalue weighted by atomic mass is 10.1. The van der Waals surface area contributed by atoms with Crippen LogP contribution in [0.4, 0.5) is 5.69 Å². The van der Waals surface area contributed by atoms with Crippen LogP contribution in [0.2, 0.25) is 0 Å². The van der Waals surface area contributed by atoms with E-state index in [1.807, 2.05) is 37.3 Å². The van der Waals surface area contributed by atoms with E-state index in [1.165, 1.54) is 11.1 Å². The summed E-state index contributed by atoms with van der Waals surface area (Å²) in [5.74, 6) is 0.921. The van der Waals surface area contributed by atoms with Crippen molar-refractivity contribution in [1.82, 2.24) is 5.32 Å². The summed E-state index contributed by atoms with van der Waals surface area (Å²) >= 11 is 0. The number of carbonyl (C=O) groups is 1. The van der Waals surface area contributed by atoms with E-state index in [9.17, 15) is 13.2 Å². The summed E-state index contributed by atoms with van der Waals surface area (Å²) in [7, 11) is -3.68. The molecule has 0 radical (unpaired) electrons. The Bertz CT molecular complexity index is 1150. The van der Waals surface area contributed by atoms with Crippen LogP contribution >= 0.6 is 0 Å². The number of anilines is 1. The van der Waals surface area contributed by atoms with Crippen molar-refractivity contribution < 1.29 is 17.9 Å². The van der Waals surface area contributed by atoms with Crippen LogP contribution in [0.5, 0.6) is 11.5 Å². The van der Waals surface area contributed by atoms with Crippen LogP contribution in [0.3, 0.4) is 0 Å². The SMILES string of the molecule is Cc1ccc(CCCNC(=O)[C@@H](C)N(c2ccc(Oc3ccccc3)cc2)S(C)(=O)=O)cc1. The van der Waals surface area contributed by atoms with E-state index in [2.05, 4.69) is 29.6 Å². The number of aryl methyl sites for hydroxylation is 2. The molecular formula is C26H30N2O4S. The van der Waals surface area contributed by atoms with E-state index >= 15 is 0 Å². The van der Waals surface area contributed by atoms with Gasteiger partial charge in [0.05, 0.1) is 11.9 Å². The van der Waals surface area contributed by atoms with Crippen molar-refractivity contribution >= 4 is 21.6 Å². The molecule has 6 nitrogen and oxygen atoms in total. The maximum absolute atomic E-state index is 12.7. The second-order valence-electron chi connectivity index (χ2n) is 8.02. The first-order chi connectivity index (χ1) is 15.7. The first kappa shape index (κ1) is 24.3. The highest BCUT2D eigenvalue weighted by Crippen LogP contribution is 2.26. The van der Waals surface area contributed by atoms with Crippen molar-refractivity contribution in [3.05, 3.63) is 90.0 Å². The average molecular weight is 467 g/mol. The third-order valence-corrected chi connectivity index (χ3v) is 6.46. The Morgan fingerprint density at radius 3 is 2.15 bits per heavy atom.